The summed E-state index contributed by atoms with van der Waals surface area (Å²) in [6, 6.07) is 4.75. The maximum Gasteiger partial charge on any atom is 0.309 e. The lowest BCUT2D eigenvalue weighted by Crippen LogP contribution is -2.38. The number of nitrogens with one attached hydrogen (secondary N) is 1. The minimum absolute atomic E-state index is 0.275. The summed E-state index contributed by atoms with van der Waals surface area (Å²) in [5.74, 6) is -1.05. The number of rotatable bonds is 5. The molecular weight excluding hydrogens is 313 g/mol. The van der Waals surface area contributed by atoms with Crippen molar-refractivity contribution in [3.63, 3.8) is 0 Å². The smallest absolute Gasteiger partial charge is 0.309 e. The van der Waals surface area contributed by atoms with Crippen molar-refractivity contribution in [3.8, 4) is 0 Å². The third-order valence-corrected chi connectivity index (χ3v) is 3.48. The molecule has 0 aliphatic heterocycles. The van der Waals surface area contributed by atoms with Gasteiger partial charge < -0.3 is 10.1 Å². The number of carbonyl (C=O) groups is 2. The molecule has 116 valence electrons. The molecule has 4 nitrogen and oxygen atoms in total. The maximum atomic E-state index is 12.0. The van der Waals surface area contributed by atoms with Gasteiger partial charge in [0.05, 0.1) is 12.0 Å². The Kier molecular flexibility index (Phi) is 6.49. The molecule has 2 atom stereocenters. The van der Waals surface area contributed by atoms with Gasteiger partial charge in [0.1, 0.15) is 0 Å². The lowest BCUT2D eigenvalue weighted by molar-refractivity contribution is -0.158. The Morgan fingerprint density at radius 3 is 2.29 bits per heavy atom. The van der Waals surface area contributed by atoms with E-state index in [1.54, 1.807) is 39.0 Å². The predicted molar refractivity (Wildman–Crippen MR) is 83.4 cm³/mol. The standard InChI is InChI=1S/C15H19Cl2NO3/c1-8(2)15(20)21-10(4)14(19)18-9(3)12-6-5-11(16)7-13(12)17/h5-10H,1-4H3,(H,18,19)/t9-,10-/m0/s1. The van der Waals surface area contributed by atoms with Gasteiger partial charge >= 0.3 is 5.97 Å². The van der Waals surface area contributed by atoms with Crippen LogP contribution >= 0.6 is 23.2 Å². The van der Waals surface area contributed by atoms with Gasteiger partial charge in [-0.15, -0.1) is 0 Å². The van der Waals surface area contributed by atoms with Gasteiger partial charge in [-0.2, -0.15) is 0 Å². The predicted octanol–water partition coefficient (Wildman–Crippen LogP) is 3.76. The topological polar surface area (TPSA) is 55.4 Å². The van der Waals surface area contributed by atoms with Crippen molar-refractivity contribution < 1.29 is 14.3 Å². The van der Waals surface area contributed by atoms with E-state index < -0.39 is 12.1 Å². The Morgan fingerprint density at radius 1 is 1.14 bits per heavy atom. The quantitative estimate of drug-likeness (QED) is 0.836. The van der Waals surface area contributed by atoms with Gasteiger partial charge in [0.2, 0.25) is 0 Å². The number of hydrogen-bond donors (Lipinski definition) is 1. The zero-order valence-corrected chi connectivity index (χ0v) is 14.0. The molecule has 0 radical (unpaired) electrons. The zero-order valence-electron chi connectivity index (χ0n) is 12.4. The lowest BCUT2D eigenvalue weighted by Gasteiger charge is -2.19. The van der Waals surface area contributed by atoms with Gasteiger partial charge in [0.25, 0.3) is 5.91 Å². The number of esters is 1. The van der Waals surface area contributed by atoms with Crippen LogP contribution in [0.4, 0.5) is 0 Å². The molecule has 1 N–H and O–H groups in total. The van der Waals surface area contributed by atoms with E-state index in [-0.39, 0.29) is 17.9 Å². The van der Waals surface area contributed by atoms with Crippen LogP contribution < -0.4 is 5.32 Å². The van der Waals surface area contributed by atoms with E-state index >= 15 is 0 Å². The Labute approximate surface area is 134 Å². The molecule has 1 aromatic carbocycles. The minimum atomic E-state index is -0.853. The lowest BCUT2D eigenvalue weighted by atomic mass is 10.1. The fourth-order valence-electron chi connectivity index (χ4n) is 1.63. The van der Waals surface area contributed by atoms with Crippen LogP contribution in [-0.2, 0) is 14.3 Å². The zero-order chi connectivity index (χ0) is 16.2. The van der Waals surface area contributed by atoms with E-state index in [4.69, 9.17) is 27.9 Å². The molecule has 0 saturated carbocycles. The first kappa shape index (κ1) is 17.8. The van der Waals surface area contributed by atoms with Crippen LogP contribution in [0.5, 0.6) is 0 Å². The molecule has 0 saturated heterocycles. The Hall–Kier alpha value is -1.26. The summed E-state index contributed by atoms with van der Waals surface area (Å²) in [6.07, 6.45) is -0.853. The van der Waals surface area contributed by atoms with E-state index in [1.165, 1.54) is 6.92 Å². The summed E-state index contributed by atoms with van der Waals surface area (Å²) in [4.78, 5) is 23.5. The molecule has 1 amide bonds. The highest BCUT2D eigenvalue weighted by Gasteiger charge is 2.22. The van der Waals surface area contributed by atoms with Crippen LogP contribution in [0.1, 0.15) is 39.3 Å². The SMILES string of the molecule is CC(C)C(=O)O[C@@H](C)C(=O)N[C@@H](C)c1ccc(Cl)cc1Cl. The molecule has 0 spiro atoms. The van der Waals surface area contributed by atoms with E-state index in [2.05, 4.69) is 5.32 Å². The van der Waals surface area contributed by atoms with Gasteiger partial charge in [-0.05, 0) is 31.5 Å². The second-order valence-electron chi connectivity index (χ2n) is 5.13. The Morgan fingerprint density at radius 2 is 1.76 bits per heavy atom. The van der Waals surface area contributed by atoms with E-state index in [0.29, 0.717) is 10.0 Å². The molecule has 0 aliphatic carbocycles. The van der Waals surface area contributed by atoms with Crippen molar-refractivity contribution in [2.24, 2.45) is 5.92 Å². The van der Waals surface area contributed by atoms with Crippen molar-refractivity contribution >= 4 is 35.1 Å². The third-order valence-electron chi connectivity index (χ3n) is 2.92. The number of hydrogen-bond acceptors (Lipinski definition) is 3. The van der Waals surface area contributed by atoms with E-state index in [9.17, 15) is 9.59 Å². The summed E-state index contributed by atoms with van der Waals surface area (Å²) in [6.45, 7) is 6.75. The maximum absolute atomic E-state index is 12.0. The number of ether oxygens (including phenoxy) is 1. The van der Waals surface area contributed by atoms with Crippen LogP contribution in [0.25, 0.3) is 0 Å². The molecule has 1 rings (SSSR count). The first-order chi connectivity index (χ1) is 9.72. The number of amides is 1. The summed E-state index contributed by atoms with van der Waals surface area (Å²) in [5.41, 5.74) is 0.747. The van der Waals surface area contributed by atoms with Crippen molar-refractivity contribution in [2.45, 2.75) is 39.8 Å². The average Bonchev–Trinajstić information content (AvgIpc) is 2.37. The van der Waals surface area contributed by atoms with Gasteiger partial charge in [0, 0.05) is 10.0 Å². The summed E-state index contributed by atoms with van der Waals surface area (Å²) in [7, 11) is 0. The van der Waals surface area contributed by atoms with Crippen molar-refractivity contribution in [2.75, 3.05) is 0 Å². The van der Waals surface area contributed by atoms with Crippen molar-refractivity contribution in [1.82, 2.24) is 5.32 Å². The normalized spacial score (nSPS) is 13.7. The van der Waals surface area contributed by atoms with Crippen molar-refractivity contribution in [1.29, 1.82) is 0 Å². The Balaban J connectivity index is 2.67. The second-order valence-corrected chi connectivity index (χ2v) is 5.97. The van der Waals surface area contributed by atoms with Crippen LogP contribution in [0, 0.1) is 5.92 Å². The number of halogens is 2. The number of benzene rings is 1. The van der Waals surface area contributed by atoms with Gasteiger partial charge in [-0.25, -0.2) is 0 Å². The van der Waals surface area contributed by atoms with E-state index in [0.717, 1.165) is 5.56 Å². The molecule has 0 unspecified atom stereocenters. The molecule has 0 heterocycles. The highest BCUT2D eigenvalue weighted by Crippen LogP contribution is 2.26. The molecular formula is C15H19Cl2NO3. The average molecular weight is 332 g/mol. The van der Waals surface area contributed by atoms with Gasteiger partial charge in [-0.1, -0.05) is 43.1 Å². The second kappa shape index (κ2) is 7.66. The molecule has 0 bridgehead atoms. The first-order valence-electron chi connectivity index (χ1n) is 6.68. The minimum Gasteiger partial charge on any atom is -0.452 e. The van der Waals surface area contributed by atoms with Crippen LogP contribution in [-0.4, -0.2) is 18.0 Å². The van der Waals surface area contributed by atoms with Crippen LogP contribution in [0.2, 0.25) is 10.0 Å². The highest BCUT2D eigenvalue weighted by atomic mass is 35.5. The molecule has 21 heavy (non-hydrogen) atoms. The van der Waals surface area contributed by atoms with Crippen LogP contribution in [0.3, 0.4) is 0 Å². The van der Waals surface area contributed by atoms with Gasteiger partial charge in [-0.3, -0.25) is 9.59 Å². The first-order valence-corrected chi connectivity index (χ1v) is 7.43. The fourth-order valence-corrected chi connectivity index (χ4v) is 2.20. The van der Waals surface area contributed by atoms with Crippen LogP contribution in [0.15, 0.2) is 18.2 Å². The highest BCUT2D eigenvalue weighted by molar-refractivity contribution is 6.35. The van der Waals surface area contributed by atoms with Crippen molar-refractivity contribution in [3.05, 3.63) is 33.8 Å². The molecule has 1 aromatic rings. The third kappa shape index (κ3) is 5.21. The fraction of sp³-hybridized carbons (Fsp3) is 0.467. The molecule has 0 aromatic heterocycles. The van der Waals surface area contributed by atoms with Gasteiger partial charge in [0.15, 0.2) is 6.10 Å². The number of carbonyl (C=O) groups excluding carboxylic acids is 2. The van der Waals surface area contributed by atoms with E-state index in [1.807, 2.05) is 0 Å². The monoisotopic (exact) mass is 331 g/mol. The summed E-state index contributed by atoms with van der Waals surface area (Å²) in [5, 5.41) is 3.76. The summed E-state index contributed by atoms with van der Waals surface area (Å²) >= 11 is 11.9. The molecule has 0 fully saturated rings. The Bertz CT molecular complexity index is 532. The molecule has 0 aliphatic rings. The largest absolute Gasteiger partial charge is 0.452 e. The summed E-state index contributed by atoms with van der Waals surface area (Å²) < 4.78 is 5.05. The molecule has 6 heteroatoms.